The van der Waals surface area contributed by atoms with Gasteiger partial charge in [-0.3, -0.25) is 0 Å². The van der Waals surface area contributed by atoms with Crippen molar-refractivity contribution in [3.8, 4) is 34.5 Å². The number of rotatable bonds is 6. The Balaban J connectivity index is 1.59. The van der Waals surface area contributed by atoms with Gasteiger partial charge in [0.15, 0.2) is 23.0 Å². The lowest BCUT2D eigenvalue weighted by atomic mass is 9.71. The third-order valence-electron chi connectivity index (χ3n) is 7.50. The van der Waals surface area contributed by atoms with Crippen molar-refractivity contribution in [2.45, 2.75) is 44.9 Å². The van der Waals surface area contributed by atoms with Gasteiger partial charge in [0.2, 0.25) is 0 Å². The summed E-state index contributed by atoms with van der Waals surface area (Å²) >= 11 is 0. The van der Waals surface area contributed by atoms with Crippen LogP contribution in [-0.4, -0.2) is 38.4 Å². The molecule has 8 heteroatoms. The van der Waals surface area contributed by atoms with Crippen LogP contribution < -0.4 is 28.4 Å². The van der Waals surface area contributed by atoms with E-state index in [-0.39, 0.29) is 0 Å². The minimum Gasteiger partial charge on any atom is -0.492 e. The highest BCUT2D eigenvalue weighted by atomic mass is 16.6. The molecule has 0 N–H and O–H groups in total. The average Bonchev–Trinajstić information content (AvgIpc) is 3.69. The van der Waals surface area contributed by atoms with Gasteiger partial charge < -0.3 is 28.4 Å². The minimum atomic E-state index is -0.597. The van der Waals surface area contributed by atoms with E-state index in [0.29, 0.717) is 75.1 Å². The molecule has 0 unspecified atom stereocenters. The quantitative estimate of drug-likeness (QED) is 0.332. The number of hydrogen-bond acceptors (Lipinski definition) is 8. The van der Waals surface area contributed by atoms with Crippen molar-refractivity contribution in [3.05, 3.63) is 58.7 Å². The Morgan fingerprint density at radius 1 is 0.649 bits per heavy atom. The molecular weight excluding hydrogens is 476 g/mol. The smallest absolute Gasteiger partial charge is 0.335 e. The molecule has 2 aromatic carbocycles. The highest BCUT2D eigenvalue weighted by Gasteiger charge is 2.45. The van der Waals surface area contributed by atoms with Crippen LogP contribution in [0.5, 0.6) is 34.5 Å². The lowest BCUT2D eigenvalue weighted by Gasteiger charge is -2.33. The summed E-state index contributed by atoms with van der Waals surface area (Å²) in [5, 5.41) is 0. The van der Waals surface area contributed by atoms with Crippen LogP contribution in [0.15, 0.2) is 25.3 Å². The van der Waals surface area contributed by atoms with Crippen molar-refractivity contribution in [3.63, 3.8) is 0 Å². The standard InChI is InChI=1S/C29H28O8/c1-5-19(30)36-27-17-9-13-32-23(17)21(15-7-11-34-25(15)27)29(3,4)22-16-8-12-35-26(16)28(37-20(31)6-2)18-10-14-33-24(18)22/h5-6H,1-2,7-14H2,3-4H3. The summed E-state index contributed by atoms with van der Waals surface area (Å²) in [4.78, 5) is 24.3. The van der Waals surface area contributed by atoms with Gasteiger partial charge in [0.05, 0.1) is 26.4 Å². The Morgan fingerprint density at radius 2 is 1.00 bits per heavy atom. The van der Waals surface area contributed by atoms with Crippen LogP contribution in [0, 0.1) is 0 Å². The number of carbonyl (C=O) groups excluding carboxylic acids is 2. The summed E-state index contributed by atoms with van der Waals surface area (Å²) in [7, 11) is 0. The van der Waals surface area contributed by atoms with Crippen molar-refractivity contribution in [2.75, 3.05) is 26.4 Å². The van der Waals surface area contributed by atoms with Crippen molar-refractivity contribution in [1.29, 1.82) is 0 Å². The maximum absolute atomic E-state index is 12.2. The first-order valence-electron chi connectivity index (χ1n) is 12.5. The monoisotopic (exact) mass is 504 g/mol. The van der Waals surface area contributed by atoms with Gasteiger partial charge in [-0.15, -0.1) is 0 Å². The Morgan fingerprint density at radius 3 is 1.38 bits per heavy atom. The van der Waals surface area contributed by atoms with Crippen molar-refractivity contribution in [1.82, 2.24) is 0 Å². The molecule has 2 aromatic rings. The van der Waals surface area contributed by atoms with Crippen LogP contribution in [-0.2, 0) is 40.7 Å². The van der Waals surface area contributed by atoms with E-state index < -0.39 is 17.4 Å². The van der Waals surface area contributed by atoms with E-state index in [0.717, 1.165) is 57.0 Å². The molecule has 4 aliphatic rings. The molecule has 0 aliphatic carbocycles. The lowest BCUT2D eigenvalue weighted by molar-refractivity contribution is -0.130. The summed E-state index contributed by atoms with van der Waals surface area (Å²) in [5.74, 6) is 2.39. The fourth-order valence-electron chi connectivity index (χ4n) is 6.08. The van der Waals surface area contributed by atoms with Crippen LogP contribution in [0.4, 0.5) is 0 Å². The second kappa shape index (κ2) is 8.57. The number of ether oxygens (including phenoxy) is 6. The molecule has 0 fully saturated rings. The number of esters is 2. The van der Waals surface area contributed by atoms with E-state index >= 15 is 0 Å². The fourth-order valence-corrected chi connectivity index (χ4v) is 6.08. The Kier molecular flexibility index (Phi) is 5.44. The fraction of sp³-hybridized carbons (Fsp3) is 0.379. The molecule has 8 nitrogen and oxygen atoms in total. The Bertz CT molecular complexity index is 1210. The molecular formula is C29H28O8. The third kappa shape index (κ3) is 3.42. The van der Waals surface area contributed by atoms with Gasteiger partial charge in [0.25, 0.3) is 0 Å². The molecule has 0 radical (unpaired) electrons. The van der Waals surface area contributed by atoms with Crippen LogP contribution in [0.2, 0.25) is 0 Å². The normalized spacial score (nSPS) is 16.3. The van der Waals surface area contributed by atoms with Crippen molar-refractivity contribution < 1.29 is 38.0 Å². The largest absolute Gasteiger partial charge is 0.492 e. The van der Waals surface area contributed by atoms with E-state index in [1.54, 1.807) is 0 Å². The SMILES string of the molecule is C=CC(=O)Oc1c2c(c(C(C)(C)c3c4c(c(OC(=O)C=C)c5c3OCC5)OCC4)c3c1OCC3)OCC2. The number of hydrogen-bond donors (Lipinski definition) is 0. The third-order valence-corrected chi connectivity index (χ3v) is 7.50. The summed E-state index contributed by atoms with van der Waals surface area (Å²) in [6, 6.07) is 0. The van der Waals surface area contributed by atoms with Gasteiger partial charge >= 0.3 is 11.9 Å². The van der Waals surface area contributed by atoms with Crippen molar-refractivity contribution in [2.24, 2.45) is 0 Å². The minimum absolute atomic E-state index is 0.422. The first-order chi connectivity index (χ1) is 17.9. The van der Waals surface area contributed by atoms with Gasteiger partial charge in [-0.25, -0.2) is 9.59 Å². The van der Waals surface area contributed by atoms with Gasteiger partial charge in [-0.05, 0) is 0 Å². The molecule has 0 spiro atoms. The second-order valence-corrected chi connectivity index (χ2v) is 9.91. The zero-order valence-corrected chi connectivity index (χ0v) is 21.0. The highest BCUT2D eigenvalue weighted by molar-refractivity contribution is 5.86. The zero-order valence-electron chi connectivity index (χ0n) is 21.0. The summed E-state index contributed by atoms with van der Waals surface area (Å²) in [6.07, 6.45) is 4.79. The molecule has 6 rings (SSSR count). The molecule has 0 amide bonds. The van der Waals surface area contributed by atoms with E-state index in [1.165, 1.54) is 0 Å². The van der Waals surface area contributed by atoms with Gasteiger partial charge in [-0.1, -0.05) is 27.0 Å². The van der Waals surface area contributed by atoms with Crippen LogP contribution >= 0.6 is 0 Å². The average molecular weight is 505 g/mol. The van der Waals surface area contributed by atoms with E-state index in [9.17, 15) is 9.59 Å². The zero-order chi connectivity index (χ0) is 25.9. The van der Waals surface area contributed by atoms with E-state index in [2.05, 4.69) is 27.0 Å². The Labute approximate surface area is 214 Å². The second-order valence-electron chi connectivity index (χ2n) is 9.91. The maximum atomic E-state index is 12.2. The van der Waals surface area contributed by atoms with Gasteiger partial charge in [0.1, 0.15) is 11.5 Å². The predicted molar refractivity (Wildman–Crippen MR) is 133 cm³/mol. The number of fused-ring (bicyclic) bond motifs is 4. The molecule has 0 aromatic heterocycles. The molecule has 4 heterocycles. The Hall–Kier alpha value is -3.94. The van der Waals surface area contributed by atoms with E-state index in [4.69, 9.17) is 28.4 Å². The first kappa shape index (κ1) is 23.5. The predicted octanol–water partition coefficient (Wildman–Crippen LogP) is 3.93. The topological polar surface area (TPSA) is 89.5 Å². The van der Waals surface area contributed by atoms with Crippen LogP contribution in [0.25, 0.3) is 0 Å². The van der Waals surface area contributed by atoms with E-state index in [1.807, 2.05) is 0 Å². The van der Waals surface area contributed by atoms with Crippen LogP contribution in [0.1, 0.15) is 47.2 Å². The number of benzene rings is 2. The highest BCUT2D eigenvalue weighted by Crippen LogP contribution is 2.59. The van der Waals surface area contributed by atoms with Crippen molar-refractivity contribution >= 4 is 11.9 Å². The van der Waals surface area contributed by atoms with Gasteiger partial charge in [-0.2, -0.15) is 0 Å². The summed E-state index contributed by atoms with van der Waals surface area (Å²) < 4.78 is 35.9. The van der Waals surface area contributed by atoms with Crippen LogP contribution in [0.3, 0.4) is 0 Å². The number of carbonyl (C=O) groups is 2. The maximum Gasteiger partial charge on any atom is 0.335 e. The molecule has 0 saturated heterocycles. The summed E-state index contributed by atoms with van der Waals surface area (Å²) in [5.41, 5.74) is 4.95. The van der Waals surface area contributed by atoms with Gasteiger partial charge in [0, 0.05) is 76.6 Å². The first-order valence-corrected chi connectivity index (χ1v) is 12.5. The molecule has 192 valence electrons. The molecule has 0 saturated carbocycles. The molecule has 0 bridgehead atoms. The summed E-state index contributed by atoms with van der Waals surface area (Å²) in [6.45, 7) is 13.3. The lowest BCUT2D eigenvalue weighted by Crippen LogP contribution is -2.25. The molecule has 0 atom stereocenters. The molecule has 4 aliphatic heterocycles. The molecule has 37 heavy (non-hydrogen) atoms.